The fourth-order valence-corrected chi connectivity index (χ4v) is 4.52. The molecule has 0 aliphatic carbocycles. The van der Waals surface area contributed by atoms with E-state index in [-0.39, 0.29) is 17.1 Å². The smallest absolute Gasteiger partial charge is 0.407 e. The summed E-state index contributed by atoms with van der Waals surface area (Å²) in [5.41, 5.74) is 0.914. The molecule has 1 rings (SSSR count). The maximum absolute atomic E-state index is 11.6. The van der Waals surface area contributed by atoms with Gasteiger partial charge in [-0.05, 0) is 30.0 Å². The van der Waals surface area contributed by atoms with Gasteiger partial charge in [0.25, 0.3) is 0 Å². The van der Waals surface area contributed by atoms with E-state index in [4.69, 9.17) is 14.1 Å². The zero-order valence-electron chi connectivity index (χ0n) is 19.8. The lowest BCUT2D eigenvalue weighted by Gasteiger charge is -2.36. The van der Waals surface area contributed by atoms with Crippen LogP contribution in [0.15, 0.2) is 0 Å². The molecule has 0 saturated carbocycles. The number of thiazole rings is 1. The van der Waals surface area contributed by atoms with E-state index in [0.29, 0.717) is 24.0 Å². The van der Waals surface area contributed by atoms with Crippen molar-refractivity contribution in [3.8, 4) is 0 Å². The standard InChI is InChI=1S/C21H40N2O4SSi/c1-13(2)17(27-20(25)22-8)11-16(24)19-23-15(18(28-19)14(3)4)12-26-29(9,10)21(5,6)7/h13-14,16-17,24H,11-12H2,1-10H3,(H,22,25). The van der Waals surface area contributed by atoms with Gasteiger partial charge in [0.2, 0.25) is 0 Å². The third-order valence-corrected chi connectivity index (χ3v) is 11.6. The molecule has 168 valence electrons. The quantitative estimate of drug-likeness (QED) is 0.485. The number of carbonyl (C=O) groups is 1. The Hall–Kier alpha value is -0.963. The van der Waals surface area contributed by atoms with Crippen molar-refractivity contribution in [1.82, 2.24) is 10.3 Å². The van der Waals surface area contributed by atoms with Crippen molar-refractivity contribution < 1.29 is 19.1 Å². The van der Waals surface area contributed by atoms with E-state index < -0.39 is 20.5 Å². The molecule has 29 heavy (non-hydrogen) atoms. The van der Waals surface area contributed by atoms with Crippen LogP contribution in [0.4, 0.5) is 4.79 Å². The second-order valence-corrected chi connectivity index (χ2v) is 15.6. The summed E-state index contributed by atoms with van der Waals surface area (Å²) in [5, 5.41) is 14.1. The van der Waals surface area contributed by atoms with Crippen LogP contribution in [-0.4, -0.2) is 37.7 Å². The molecule has 8 heteroatoms. The summed E-state index contributed by atoms with van der Waals surface area (Å²) in [7, 11) is -0.361. The summed E-state index contributed by atoms with van der Waals surface area (Å²) in [6.45, 7) is 19.8. The molecule has 1 aromatic rings. The molecule has 0 aliphatic rings. The highest BCUT2D eigenvalue weighted by molar-refractivity contribution is 7.11. The van der Waals surface area contributed by atoms with E-state index in [1.54, 1.807) is 0 Å². The Bertz CT molecular complexity index is 668. The average molecular weight is 445 g/mol. The van der Waals surface area contributed by atoms with Gasteiger partial charge in [-0.3, -0.25) is 0 Å². The molecule has 2 atom stereocenters. The van der Waals surface area contributed by atoms with E-state index in [0.717, 1.165) is 10.6 Å². The van der Waals surface area contributed by atoms with Crippen molar-refractivity contribution in [3.63, 3.8) is 0 Å². The predicted octanol–water partition coefficient (Wildman–Crippen LogP) is 5.59. The summed E-state index contributed by atoms with van der Waals surface area (Å²) in [6, 6.07) is 0. The third-order valence-electron chi connectivity index (χ3n) is 5.59. The van der Waals surface area contributed by atoms with Crippen molar-refractivity contribution in [3.05, 3.63) is 15.6 Å². The number of rotatable bonds is 9. The number of nitrogens with zero attached hydrogens (tertiary/aromatic N) is 1. The van der Waals surface area contributed by atoms with Gasteiger partial charge in [-0.1, -0.05) is 48.5 Å². The van der Waals surface area contributed by atoms with E-state index >= 15 is 0 Å². The molecule has 2 unspecified atom stereocenters. The summed E-state index contributed by atoms with van der Waals surface area (Å²) in [5.74, 6) is 0.391. The summed E-state index contributed by atoms with van der Waals surface area (Å²) in [4.78, 5) is 17.5. The van der Waals surface area contributed by atoms with Gasteiger partial charge in [0.05, 0.1) is 12.3 Å². The number of aliphatic hydroxyl groups is 1. The second kappa shape index (κ2) is 10.4. The first-order valence-electron chi connectivity index (χ1n) is 10.4. The topological polar surface area (TPSA) is 80.7 Å². The normalized spacial score (nSPS) is 14.9. The van der Waals surface area contributed by atoms with Crippen molar-refractivity contribution >= 4 is 25.7 Å². The zero-order chi connectivity index (χ0) is 22.6. The van der Waals surface area contributed by atoms with Crippen LogP contribution in [0.5, 0.6) is 0 Å². The number of aliphatic hydroxyl groups excluding tert-OH is 1. The number of carbonyl (C=O) groups excluding carboxylic acids is 1. The highest BCUT2D eigenvalue weighted by Crippen LogP contribution is 2.38. The van der Waals surface area contributed by atoms with Crippen molar-refractivity contribution in [2.45, 2.75) is 97.8 Å². The second-order valence-electron chi connectivity index (χ2n) is 9.76. The molecular formula is C21H40N2O4SSi. The molecule has 0 fully saturated rings. The van der Waals surface area contributed by atoms with Crippen LogP contribution >= 0.6 is 11.3 Å². The van der Waals surface area contributed by atoms with Crippen LogP contribution in [0.1, 0.15) is 82.5 Å². The first-order chi connectivity index (χ1) is 13.2. The van der Waals surface area contributed by atoms with Crippen LogP contribution in [0.2, 0.25) is 18.1 Å². The van der Waals surface area contributed by atoms with Crippen LogP contribution in [0.25, 0.3) is 0 Å². The summed E-state index contributed by atoms with van der Waals surface area (Å²) >= 11 is 1.53. The lowest BCUT2D eigenvalue weighted by atomic mass is 10.0. The largest absolute Gasteiger partial charge is 0.446 e. The van der Waals surface area contributed by atoms with Crippen molar-refractivity contribution in [1.29, 1.82) is 0 Å². The molecule has 2 N–H and O–H groups in total. The number of amides is 1. The van der Waals surface area contributed by atoms with Gasteiger partial charge in [0, 0.05) is 18.3 Å². The minimum absolute atomic E-state index is 0.0906. The number of ether oxygens (including phenoxy) is 1. The van der Waals surface area contributed by atoms with Gasteiger partial charge >= 0.3 is 6.09 Å². The SMILES string of the molecule is CNC(=O)OC(CC(O)c1nc(CO[Si](C)(C)C(C)(C)C)c(C(C)C)s1)C(C)C. The molecule has 0 aliphatic heterocycles. The molecule has 0 aromatic carbocycles. The van der Waals surface area contributed by atoms with Gasteiger partial charge in [0.1, 0.15) is 17.2 Å². The third kappa shape index (κ3) is 7.34. The van der Waals surface area contributed by atoms with E-state index in [9.17, 15) is 9.90 Å². The zero-order valence-corrected chi connectivity index (χ0v) is 21.6. The van der Waals surface area contributed by atoms with Crippen molar-refractivity contribution in [2.75, 3.05) is 7.05 Å². The Balaban J connectivity index is 3.00. The van der Waals surface area contributed by atoms with Gasteiger partial charge in [-0.15, -0.1) is 11.3 Å². The molecular weight excluding hydrogens is 404 g/mol. The number of nitrogens with one attached hydrogen (secondary N) is 1. The average Bonchev–Trinajstić information content (AvgIpc) is 3.02. The predicted molar refractivity (Wildman–Crippen MR) is 122 cm³/mol. The maximum atomic E-state index is 11.6. The Labute approximate surface area is 181 Å². The Morgan fingerprint density at radius 3 is 2.28 bits per heavy atom. The Morgan fingerprint density at radius 2 is 1.83 bits per heavy atom. The first kappa shape index (κ1) is 26.1. The molecule has 0 spiro atoms. The molecule has 1 heterocycles. The Morgan fingerprint density at radius 1 is 1.24 bits per heavy atom. The molecule has 0 bridgehead atoms. The van der Waals surface area contributed by atoms with Gasteiger partial charge in [-0.2, -0.15) is 0 Å². The fraction of sp³-hybridized carbons (Fsp3) is 0.810. The first-order valence-corrected chi connectivity index (χ1v) is 14.1. The molecule has 0 radical (unpaired) electrons. The van der Waals surface area contributed by atoms with E-state index in [1.807, 2.05) is 13.8 Å². The number of alkyl carbamates (subject to hydrolysis) is 1. The number of hydrogen-bond acceptors (Lipinski definition) is 6. The van der Waals surface area contributed by atoms with Crippen LogP contribution in [0.3, 0.4) is 0 Å². The van der Waals surface area contributed by atoms with Crippen LogP contribution in [0, 0.1) is 5.92 Å². The molecule has 1 aromatic heterocycles. The van der Waals surface area contributed by atoms with Gasteiger partial charge in [-0.25, -0.2) is 9.78 Å². The van der Waals surface area contributed by atoms with Crippen molar-refractivity contribution in [2.24, 2.45) is 5.92 Å². The van der Waals surface area contributed by atoms with E-state index in [1.165, 1.54) is 18.4 Å². The lowest BCUT2D eigenvalue weighted by Crippen LogP contribution is -2.40. The Kier molecular flexibility index (Phi) is 9.33. The summed E-state index contributed by atoms with van der Waals surface area (Å²) in [6.07, 6.45) is -1.33. The monoisotopic (exact) mass is 444 g/mol. The van der Waals surface area contributed by atoms with Crippen LogP contribution < -0.4 is 5.32 Å². The highest BCUT2D eigenvalue weighted by Gasteiger charge is 2.37. The lowest BCUT2D eigenvalue weighted by molar-refractivity contribution is 0.0307. The minimum atomic E-state index is -1.89. The van der Waals surface area contributed by atoms with Gasteiger partial charge < -0.3 is 19.6 Å². The summed E-state index contributed by atoms with van der Waals surface area (Å²) < 4.78 is 11.8. The van der Waals surface area contributed by atoms with Crippen LogP contribution in [-0.2, 0) is 15.8 Å². The number of aromatic nitrogens is 1. The molecule has 0 saturated heterocycles. The molecule has 1 amide bonds. The minimum Gasteiger partial charge on any atom is -0.446 e. The van der Waals surface area contributed by atoms with E-state index in [2.05, 4.69) is 53.0 Å². The maximum Gasteiger partial charge on any atom is 0.407 e. The van der Waals surface area contributed by atoms with Gasteiger partial charge in [0.15, 0.2) is 8.32 Å². The highest BCUT2D eigenvalue weighted by atomic mass is 32.1. The number of hydrogen-bond donors (Lipinski definition) is 2. The molecule has 6 nitrogen and oxygen atoms in total. The fourth-order valence-electron chi connectivity index (χ4n) is 2.52.